The molecule has 1 nitrogen and oxygen atoms in total. The van der Waals surface area contributed by atoms with Crippen molar-refractivity contribution in [1.82, 2.24) is 0 Å². The number of fused-ring (bicyclic) bond motifs is 4. The van der Waals surface area contributed by atoms with Gasteiger partial charge in [0.25, 0.3) is 0 Å². The summed E-state index contributed by atoms with van der Waals surface area (Å²) >= 11 is 0. The Morgan fingerprint density at radius 2 is 1.67 bits per heavy atom. The van der Waals surface area contributed by atoms with E-state index in [0.717, 1.165) is 12.0 Å². The molecule has 0 aromatic heterocycles. The summed E-state index contributed by atoms with van der Waals surface area (Å²) in [6.07, 6.45) is 1.66. The van der Waals surface area contributed by atoms with Gasteiger partial charge in [0.2, 0.25) is 0 Å². The van der Waals surface area contributed by atoms with E-state index in [4.69, 9.17) is 0 Å². The lowest BCUT2D eigenvalue weighted by molar-refractivity contribution is 0.0977. The van der Waals surface area contributed by atoms with E-state index in [1.807, 2.05) is 0 Å². The van der Waals surface area contributed by atoms with Gasteiger partial charge in [0.15, 0.2) is 5.78 Å². The van der Waals surface area contributed by atoms with E-state index in [2.05, 4.69) is 63.2 Å². The van der Waals surface area contributed by atoms with E-state index < -0.39 is 0 Å². The van der Waals surface area contributed by atoms with Crippen molar-refractivity contribution in [2.75, 3.05) is 0 Å². The van der Waals surface area contributed by atoms with Crippen LogP contribution in [0.1, 0.15) is 59.3 Å². The largest absolute Gasteiger partial charge is 0.294 e. The van der Waals surface area contributed by atoms with Gasteiger partial charge in [0.1, 0.15) is 0 Å². The van der Waals surface area contributed by atoms with E-state index in [-0.39, 0.29) is 10.8 Å². The van der Waals surface area contributed by atoms with Gasteiger partial charge in [-0.2, -0.15) is 0 Å². The molecule has 1 unspecified atom stereocenters. The van der Waals surface area contributed by atoms with E-state index in [1.165, 1.54) is 22.3 Å². The molecule has 2 aromatic carbocycles. The van der Waals surface area contributed by atoms with Gasteiger partial charge in [-0.1, -0.05) is 55.8 Å². The molecular weight excluding hydrogens is 256 g/mol. The van der Waals surface area contributed by atoms with Crippen LogP contribution >= 0.6 is 0 Å². The zero-order valence-electron chi connectivity index (χ0n) is 12.9. The first kappa shape index (κ1) is 12.8. The summed E-state index contributed by atoms with van der Waals surface area (Å²) < 4.78 is 0. The number of rotatable bonds is 0. The number of hydrogen-bond acceptors (Lipinski definition) is 1. The lowest BCUT2D eigenvalue weighted by Gasteiger charge is -2.28. The van der Waals surface area contributed by atoms with E-state index in [0.29, 0.717) is 12.2 Å². The summed E-state index contributed by atoms with van der Waals surface area (Å²) in [5.41, 5.74) is 6.17. The second-order valence-electron chi connectivity index (χ2n) is 7.34. The van der Waals surface area contributed by atoms with Crippen LogP contribution in [0.5, 0.6) is 0 Å². The predicted octanol–water partition coefficient (Wildman–Crippen LogP) is 4.55. The third-order valence-corrected chi connectivity index (χ3v) is 5.37. The Hall–Kier alpha value is -1.89. The molecule has 2 aliphatic carbocycles. The quantitative estimate of drug-likeness (QED) is 0.690. The number of carbonyl (C=O) groups excluding carboxylic acids is 1. The van der Waals surface area contributed by atoms with Crippen molar-refractivity contribution in [3.05, 3.63) is 70.3 Å². The SMILES string of the molecule is Cc1ccc2c(c1)C(=O)CC21CC(C)(C)c2ccccc21. The normalized spacial score (nSPS) is 25.2. The molecule has 1 atom stereocenters. The molecule has 0 saturated carbocycles. The number of Topliss-reactive ketones (excluding diaryl/α,β-unsaturated/α-hetero) is 1. The Labute approximate surface area is 126 Å². The molecule has 1 heteroatoms. The second-order valence-corrected chi connectivity index (χ2v) is 7.34. The Balaban J connectivity index is 2.02. The molecule has 1 spiro atoms. The fraction of sp³-hybridized carbons (Fsp3) is 0.350. The third kappa shape index (κ3) is 1.55. The maximum atomic E-state index is 12.6. The summed E-state index contributed by atoms with van der Waals surface area (Å²) in [6.45, 7) is 6.67. The van der Waals surface area contributed by atoms with Crippen molar-refractivity contribution in [2.24, 2.45) is 0 Å². The number of hydrogen-bond donors (Lipinski definition) is 0. The van der Waals surface area contributed by atoms with Crippen molar-refractivity contribution in [3.63, 3.8) is 0 Å². The highest BCUT2D eigenvalue weighted by Gasteiger charge is 2.53. The molecule has 2 aromatic rings. The molecule has 0 heterocycles. The fourth-order valence-electron chi connectivity index (χ4n) is 4.60. The van der Waals surface area contributed by atoms with Crippen molar-refractivity contribution >= 4 is 5.78 Å². The van der Waals surface area contributed by atoms with Crippen LogP contribution in [0.25, 0.3) is 0 Å². The van der Waals surface area contributed by atoms with Gasteiger partial charge in [0, 0.05) is 17.4 Å². The molecule has 21 heavy (non-hydrogen) atoms. The number of aryl methyl sites for hydroxylation is 1. The minimum absolute atomic E-state index is 0.0970. The zero-order valence-corrected chi connectivity index (χ0v) is 12.9. The van der Waals surface area contributed by atoms with Crippen LogP contribution in [0.15, 0.2) is 42.5 Å². The average molecular weight is 276 g/mol. The molecule has 0 aliphatic heterocycles. The molecule has 0 N–H and O–H groups in total. The summed E-state index contributed by atoms with van der Waals surface area (Å²) in [4.78, 5) is 12.6. The van der Waals surface area contributed by atoms with Crippen molar-refractivity contribution < 1.29 is 4.79 Å². The molecule has 0 amide bonds. The molecule has 0 bridgehead atoms. The maximum Gasteiger partial charge on any atom is 0.164 e. The van der Waals surface area contributed by atoms with Crippen LogP contribution in [0.3, 0.4) is 0 Å². The van der Waals surface area contributed by atoms with Crippen LogP contribution in [0.4, 0.5) is 0 Å². The second kappa shape index (κ2) is 3.85. The zero-order chi connectivity index (χ0) is 14.8. The van der Waals surface area contributed by atoms with Crippen LogP contribution < -0.4 is 0 Å². The lowest BCUT2D eigenvalue weighted by atomic mass is 9.74. The van der Waals surface area contributed by atoms with Crippen LogP contribution in [0.2, 0.25) is 0 Å². The monoisotopic (exact) mass is 276 g/mol. The Bertz CT molecular complexity index is 769. The Kier molecular flexibility index (Phi) is 2.35. The summed E-state index contributed by atoms with van der Waals surface area (Å²) in [5, 5.41) is 0. The van der Waals surface area contributed by atoms with Gasteiger partial charge >= 0.3 is 0 Å². The number of benzene rings is 2. The van der Waals surface area contributed by atoms with Crippen molar-refractivity contribution in [2.45, 2.75) is 44.4 Å². The maximum absolute atomic E-state index is 12.6. The van der Waals surface area contributed by atoms with Gasteiger partial charge < -0.3 is 0 Å². The van der Waals surface area contributed by atoms with Crippen LogP contribution in [-0.2, 0) is 10.8 Å². The highest BCUT2D eigenvalue weighted by molar-refractivity contribution is 6.03. The number of ketones is 1. The topological polar surface area (TPSA) is 17.1 Å². The smallest absolute Gasteiger partial charge is 0.164 e. The highest BCUT2D eigenvalue weighted by Crippen LogP contribution is 2.58. The first-order valence-corrected chi connectivity index (χ1v) is 7.68. The minimum atomic E-state index is -0.0970. The summed E-state index contributed by atoms with van der Waals surface area (Å²) in [6, 6.07) is 15.1. The standard InChI is InChI=1S/C20H20O/c1-13-8-9-15-14(10-13)18(21)11-20(15)12-19(2,3)16-6-4-5-7-17(16)20/h4-10H,11-12H2,1-3H3. The first-order valence-electron chi connectivity index (χ1n) is 7.68. The fourth-order valence-corrected chi connectivity index (χ4v) is 4.60. The van der Waals surface area contributed by atoms with Crippen molar-refractivity contribution in [1.29, 1.82) is 0 Å². The predicted molar refractivity (Wildman–Crippen MR) is 85.0 cm³/mol. The molecule has 0 saturated heterocycles. The highest BCUT2D eigenvalue weighted by atomic mass is 16.1. The van der Waals surface area contributed by atoms with E-state index in [1.54, 1.807) is 0 Å². The van der Waals surface area contributed by atoms with Gasteiger partial charge in [-0.15, -0.1) is 0 Å². The Morgan fingerprint density at radius 3 is 2.43 bits per heavy atom. The molecule has 0 fully saturated rings. The lowest BCUT2D eigenvalue weighted by Crippen LogP contribution is -2.24. The first-order chi connectivity index (χ1) is 9.94. The number of carbonyl (C=O) groups is 1. The third-order valence-electron chi connectivity index (χ3n) is 5.37. The van der Waals surface area contributed by atoms with E-state index in [9.17, 15) is 4.79 Å². The molecular formula is C20H20O. The molecule has 106 valence electrons. The van der Waals surface area contributed by atoms with Crippen LogP contribution in [-0.4, -0.2) is 5.78 Å². The average Bonchev–Trinajstić information content (AvgIpc) is 2.84. The van der Waals surface area contributed by atoms with Gasteiger partial charge in [-0.25, -0.2) is 0 Å². The van der Waals surface area contributed by atoms with Crippen LogP contribution in [0, 0.1) is 6.92 Å². The summed E-state index contributed by atoms with van der Waals surface area (Å²) in [5.74, 6) is 0.307. The molecule has 0 radical (unpaired) electrons. The van der Waals surface area contributed by atoms with Gasteiger partial charge in [0.05, 0.1) is 0 Å². The minimum Gasteiger partial charge on any atom is -0.294 e. The Morgan fingerprint density at radius 1 is 0.952 bits per heavy atom. The van der Waals surface area contributed by atoms with E-state index >= 15 is 0 Å². The summed E-state index contributed by atoms with van der Waals surface area (Å²) in [7, 11) is 0. The molecule has 4 rings (SSSR count). The van der Waals surface area contributed by atoms with Crippen molar-refractivity contribution in [3.8, 4) is 0 Å². The van der Waals surface area contributed by atoms with Gasteiger partial charge in [-0.3, -0.25) is 4.79 Å². The van der Waals surface area contributed by atoms with Gasteiger partial charge in [-0.05, 0) is 41.5 Å². The molecule has 2 aliphatic rings.